The summed E-state index contributed by atoms with van der Waals surface area (Å²) < 4.78 is 11.8. The second-order valence-electron chi connectivity index (χ2n) is 8.01. The number of hydrogen-bond donors (Lipinski definition) is 1. The molecule has 2 heterocycles. The molecule has 3 heteroatoms. The van der Waals surface area contributed by atoms with Gasteiger partial charge in [-0.05, 0) is 62.3 Å². The van der Waals surface area contributed by atoms with Crippen LogP contribution in [0.25, 0.3) is 0 Å². The van der Waals surface area contributed by atoms with Crippen LogP contribution in [0.4, 0.5) is 0 Å². The Bertz CT molecular complexity index is 366. The molecule has 0 aromatic carbocycles. The Morgan fingerprint density at radius 3 is 2.81 bits per heavy atom. The molecule has 0 amide bonds. The van der Waals surface area contributed by atoms with E-state index in [1.165, 1.54) is 38.5 Å². The summed E-state index contributed by atoms with van der Waals surface area (Å²) in [7, 11) is 0. The van der Waals surface area contributed by atoms with Gasteiger partial charge in [-0.3, -0.25) is 0 Å². The van der Waals surface area contributed by atoms with Gasteiger partial charge in [-0.2, -0.15) is 0 Å². The van der Waals surface area contributed by atoms with E-state index in [1.54, 1.807) is 0 Å². The van der Waals surface area contributed by atoms with Crippen molar-refractivity contribution < 1.29 is 9.47 Å². The highest BCUT2D eigenvalue weighted by molar-refractivity contribution is 5.00. The molecular weight excluding hydrogens is 262 g/mol. The molecule has 3 nitrogen and oxygen atoms in total. The predicted molar refractivity (Wildman–Crippen MR) is 83.2 cm³/mol. The lowest BCUT2D eigenvalue weighted by Gasteiger charge is -2.44. The fourth-order valence-corrected chi connectivity index (χ4v) is 5.87. The van der Waals surface area contributed by atoms with Gasteiger partial charge in [0.2, 0.25) is 0 Å². The molecule has 4 aliphatic rings. The monoisotopic (exact) mass is 293 g/mol. The fraction of sp³-hybridized carbons (Fsp3) is 1.00. The highest BCUT2D eigenvalue weighted by Gasteiger charge is 2.48. The van der Waals surface area contributed by atoms with E-state index >= 15 is 0 Å². The van der Waals surface area contributed by atoms with Crippen molar-refractivity contribution in [3.8, 4) is 0 Å². The van der Waals surface area contributed by atoms with Crippen LogP contribution in [0.2, 0.25) is 0 Å². The zero-order valence-corrected chi connectivity index (χ0v) is 13.5. The number of rotatable bonds is 4. The van der Waals surface area contributed by atoms with Gasteiger partial charge < -0.3 is 14.8 Å². The molecule has 2 aliphatic carbocycles. The number of fused-ring (bicyclic) bond motifs is 2. The van der Waals surface area contributed by atoms with Gasteiger partial charge in [0.1, 0.15) is 0 Å². The average molecular weight is 293 g/mol. The molecule has 2 saturated heterocycles. The molecular formula is C18H31NO2. The predicted octanol–water partition coefficient (Wildman–Crippen LogP) is 2.99. The van der Waals surface area contributed by atoms with Crippen LogP contribution in [0.5, 0.6) is 0 Å². The van der Waals surface area contributed by atoms with Crippen LogP contribution in [-0.2, 0) is 9.47 Å². The Morgan fingerprint density at radius 1 is 1.19 bits per heavy atom. The van der Waals surface area contributed by atoms with Crippen LogP contribution in [0, 0.1) is 23.7 Å². The van der Waals surface area contributed by atoms with Crippen molar-refractivity contribution in [1.82, 2.24) is 5.32 Å². The molecule has 2 bridgehead atoms. The molecule has 0 aromatic rings. The van der Waals surface area contributed by atoms with Gasteiger partial charge in [0.25, 0.3) is 0 Å². The second-order valence-corrected chi connectivity index (χ2v) is 8.01. The number of ether oxygens (including phenoxy) is 2. The summed E-state index contributed by atoms with van der Waals surface area (Å²) in [6.07, 6.45) is 9.58. The van der Waals surface area contributed by atoms with Crippen LogP contribution in [-0.4, -0.2) is 38.0 Å². The van der Waals surface area contributed by atoms with Crippen molar-refractivity contribution in [3.05, 3.63) is 0 Å². The Hall–Kier alpha value is -0.120. The molecule has 2 saturated carbocycles. The lowest BCUT2D eigenvalue weighted by molar-refractivity contribution is -0.107. The van der Waals surface area contributed by atoms with E-state index in [9.17, 15) is 0 Å². The Balaban J connectivity index is 1.48. The maximum Gasteiger partial charge on any atom is 0.0939 e. The van der Waals surface area contributed by atoms with E-state index in [2.05, 4.69) is 12.2 Å². The third-order valence-corrected chi connectivity index (χ3v) is 6.80. The normalized spacial score (nSPS) is 47.3. The van der Waals surface area contributed by atoms with Crippen molar-refractivity contribution in [2.45, 2.75) is 63.5 Å². The lowest BCUT2D eigenvalue weighted by Crippen LogP contribution is -2.51. The highest BCUT2D eigenvalue weighted by Crippen LogP contribution is 2.52. The fourth-order valence-electron chi connectivity index (χ4n) is 5.87. The van der Waals surface area contributed by atoms with Gasteiger partial charge in [0.05, 0.1) is 12.2 Å². The van der Waals surface area contributed by atoms with Crippen LogP contribution in [0.1, 0.15) is 51.9 Å². The summed E-state index contributed by atoms with van der Waals surface area (Å²) in [5.41, 5.74) is 0.0637. The summed E-state index contributed by atoms with van der Waals surface area (Å²) >= 11 is 0. The average Bonchev–Trinajstić information content (AvgIpc) is 3.22. The van der Waals surface area contributed by atoms with Gasteiger partial charge in [-0.25, -0.2) is 0 Å². The molecule has 2 aliphatic heterocycles. The van der Waals surface area contributed by atoms with Crippen molar-refractivity contribution in [1.29, 1.82) is 0 Å². The Morgan fingerprint density at radius 2 is 2.14 bits per heavy atom. The minimum atomic E-state index is 0.0637. The lowest BCUT2D eigenvalue weighted by atomic mass is 9.72. The quantitative estimate of drug-likeness (QED) is 0.864. The maximum atomic E-state index is 6.16. The molecule has 21 heavy (non-hydrogen) atoms. The minimum absolute atomic E-state index is 0.0637. The Kier molecular flexibility index (Phi) is 4.01. The molecule has 6 unspecified atom stereocenters. The summed E-state index contributed by atoms with van der Waals surface area (Å²) in [4.78, 5) is 0. The van der Waals surface area contributed by atoms with E-state index in [0.717, 1.165) is 62.5 Å². The minimum Gasteiger partial charge on any atom is -0.378 e. The van der Waals surface area contributed by atoms with Crippen molar-refractivity contribution in [3.63, 3.8) is 0 Å². The largest absolute Gasteiger partial charge is 0.378 e. The van der Waals surface area contributed by atoms with Crippen LogP contribution >= 0.6 is 0 Å². The number of nitrogens with one attached hydrogen (secondary N) is 1. The highest BCUT2D eigenvalue weighted by atomic mass is 16.6. The molecule has 0 aromatic heterocycles. The van der Waals surface area contributed by atoms with E-state index in [-0.39, 0.29) is 5.60 Å². The van der Waals surface area contributed by atoms with Crippen molar-refractivity contribution in [2.75, 3.05) is 26.4 Å². The first-order valence-corrected chi connectivity index (χ1v) is 9.25. The summed E-state index contributed by atoms with van der Waals surface area (Å²) in [5, 5.41) is 3.89. The molecule has 4 rings (SSSR count). The first kappa shape index (κ1) is 14.5. The van der Waals surface area contributed by atoms with E-state index in [4.69, 9.17) is 9.47 Å². The van der Waals surface area contributed by atoms with Gasteiger partial charge >= 0.3 is 0 Å². The summed E-state index contributed by atoms with van der Waals surface area (Å²) in [5.74, 6) is 3.79. The van der Waals surface area contributed by atoms with E-state index in [0.29, 0.717) is 0 Å². The summed E-state index contributed by atoms with van der Waals surface area (Å²) in [6, 6.07) is 0.728. The smallest absolute Gasteiger partial charge is 0.0939 e. The standard InChI is InChI=1S/C18H31NO2/c1-2-19-17(16-10-13-3-4-14(16)9-13)15-5-7-21-18(11-15)6-8-20-12-18/h13-17,19H,2-12H2,1H3. The molecule has 6 atom stereocenters. The third-order valence-electron chi connectivity index (χ3n) is 6.80. The van der Waals surface area contributed by atoms with Gasteiger partial charge in [0, 0.05) is 25.7 Å². The maximum absolute atomic E-state index is 6.16. The Labute approximate surface area is 129 Å². The zero-order chi connectivity index (χ0) is 14.3. The first-order chi connectivity index (χ1) is 10.3. The zero-order valence-electron chi connectivity index (χ0n) is 13.5. The van der Waals surface area contributed by atoms with Crippen molar-refractivity contribution >= 4 is 0 Å². The van der Waals surface area contributed by atoms with Gasteiger partial charge in [-0.15, -0.1) is 0 Å². The molecule has 4 fully saturated rings. The SMILES string of the molecule is CCNC(C1CCOC2(CCOC2)C1)C1CC2CCC1C2. The molecule has 1 N–H and O–H groups in total. The second kappa shape index (κ2) is 5.82. The first-order valence-electron chi connectivity index (χ1n) is 9.25. The summed E-state index contributed by atoms with van der Waals surface area (Å²) in [6.45, 7) is 6.05. The van der Waals surface area contributed by atoms with E-state index < -0.39 is 0 Å². The van der Waals surface area contributed by atoms with Crippen molar-refractivity contribution in [2.24, 2.45) is 23.7 Å². The third kappa shape index (κ3) is 2.66. The van der Waals surface area contributed by atoms with Crippen LogP contribution in [0.15, 0.2) is 0 Å². The topological polar surface area (TPSA) is 30.5 Å². The number of hydrogen-bond acceptors (Lipinski definition) is 3. The van der Waals surface area contributed by atoms with Gasteiger partial charge in [-0.1, -0.05) is 13.3 Å². The molecule has 0 radical (unpaired) electrons. The van der Waals surface area contributed by atoms with E-state index in [1.807, 2.05) is 0 Å². The molecule has 120 valence electrons. The molecule has 1 spiro atoms. The van der Waals surface area contributed by atoms with Crippen LogP contribution < -0.4 is 5.32 Å². The van der Waals surface area contributed by atoms with Gasteiger partial charge in [0.15, 0.2) is 0 Å². The van der Waals surface area contributed by atoms with Crippen LogP contribution in [0.3, 0.4) is 0 Å².